The lowest BCUT2D eigenvalue weighted by molar-refractivity contribution is 0.515. The molecule has 0 aliphatic carbocycles. The molecular formula is C21H13ClF2N4OS. The quantitative estimate of drug-likeness (QED) is 0.413. The van der Waals surface area contributed by atoms with Crippen molar-refractivity contribution in [2.75, 3.05) is 0 Å². The summed E-state index contributed by atoms with van der Waals surface area (Å²) in [6.45, 7) is 2.11. The Morgan fingerprint density at radius 1 is 1.20 bits per heavy atom. The van der Waals surface area contributed by atoms with Gasteiger partial charge in [-0.25, -0.2) is 18.7 Å². The third-order valence-corrected chi connectivity index (χ3v) is 6.14. The number of fused-ring (bicyclic) bond motifs is 2. The van der Waals surface area contributed by atoms with Crippen LogP contribution in [0.2, 0.25) is 5.02 Å². The van der Waals surface area contributed by atoms with E-state index in [1.54, 1.807) is 17.6 Å². The van der Waals surface area contributed by atoms with Gasteiger partial charge in [0.05, 0.1) is 39.2 Å². The highest BCUT2D eigenvalue weighted by atomic mass is 35.5. The van der Waals surface area contributed by atoms with E-state index in [0.717, 1.165) is 27.7 Å². The molecule has 0 unspecified atom stereocenters. The van der Waals surface area contributed by atoms with Crippen LogP contribution in [0.15, 0.2) is 46.7 Å². The molecule has 0 radical (unpaired) electrons. The van der Waals surface area contributed by atoms with E-state index in [0.29, 0.717) is 21.8 Å². The van der Waals surface area contributed by atoms with Gasteiger partial charge in [-0.2, -0.15) is 0 Å². The fourth-order valence-electron chi connectivity index (χ4n) is 3.58. The van der Waals surface area contributed by atoms with E-state index in [1.165, 1.54) is 23.5 Å². The number of aromatic nitrogens is 4. The Hall–Kier alpha value is -3.10. The molecule has 150 valence electrons. The van der Waals surface area contributed by atoms with Crippen LogP contribution >= 0.6 is 22.9 Å². The van der Waals surface area contributed by atoms with Crippen molar-refractivity contribution in [3.05, 3.63) is 80.2 Å². The number of aromatic amines is 1. The third kappa shape index (κ3) is 3.00. The van der Waals surface area contributed by atoms with Gasteiger partial charge in [0.2, 0.25) is 5.56 Å². The lowest BCUT2D eigenvalue weighted by atomic mass is 10.1. The van der Waals surface area contributed by atoms with Crippen LogP contribution in [-0.4, -0.2) is 19.5 Å². The fourth-order valence-corrected chi connectivity index (χ4v) is 4.55. The molecule has 0 fully saturated rings. The number of rotatable bonds is 3. The average Bonchev–Trinajstić information content (AvgIpc) is 3.28. The predicted molar refractivity (Wildman–Crippen MR) is 114 cm³/mol. The number of benzene rings is 2. The summed E-state index contributed by atoms with van der Waals surface area (Å²) in [5, 5.41) is 0.962. The van der Waals surface area contributed by atoms with E-state index in [-0.39, 0.29) is 12.1 Å². The Morgan fingerprint density at radius 3 is 2.80 bits per heavy atom. The molecule has 0 bridgehead atoms. The van der Waals surface area contributed by atoms with Gasteiger partial charge in [-0.1, -0.05) is 11.6 Å². The number of aryl methyl sites for hydroxylation is 1. The van der Waals surface area contributed by atoms with E-state index in [4.69, 9.17) is 16.6 Å². The maximum absolute atomic E-state index is 14.3. The maximum Gasteiger partial charge on any atom is 0.248 e. The molecule has 1 N–H and O–H groups in total. The van der Waals surface area contributed by atoms with Crippen LogP contribution in [0, 0.1) is 18.6 Å². The Kier molecular flexibility index (Phi) is 4.41. The van der Waals surface area contributed by atoms with Crippen LogP contribution in [-0.2, 0) is 6.54 Å². The number of nitrogens with one attached hydrogen (secondary N) is 1. The predicted octanol–water partition coefficient (Wildman–Crippen LogP) is 5.29. The summed E-state index contributed by atoms with van der Waals surface area (Å²) in [7, 11) is 0. The first-order chi connectivity index (χ1) is 14.4. The monoisotopic (exact) mass is 442 g/mol. The highest BCUT2D eigenvalue weighted by molar-refractivity contribution is 7.13. The first kappa shape index (κ1) is 18.9. The molecule has 9 heteroatoms. The Labute approximate surface area is 177 Å². The molecule has 0 atom stereocenters. The molecule has 0 aliphatic heterocycles. The van der Waals surface area contributed by atoms with Gasteiger partial charge in [0, 0.05) is 16.5 Å². The second kappa shape index (κ2) is 7.00. The van der Waals surface area contributed by atoms with Crippen LogP contribution in [0.3, 0.4) is 0 Å². The minimum atomic E-state index is -1.08. The molecule has 30 heavy (non-hydrogen) atoms. The van der Waals surface area contributed by atoms with Crippen molar-refractivity contribution in [1.82, 2.24) is 19.5 Å². The van der Waals surface area contributed by atoms with E-state index >= 15 is 0 Å². The molecule has 0 spiro atoms. The summed E-state index contributed by atoms with van der Waals surface area (Å²) in [4.78, 5) is 24.5. The number of imidazole rings is 1. The van der Waals surface area contributed by atoms with Gasteiger partial charge in [0.15, 0.2) is 17.5 Å². The SMILES string of the molecule is Cc1ncsc1-c1nc2ccc(Cl)cc2n1Cc1cc(=O)[nH]c2c(F)c(F)ccc12. The summed E-state index contributed by atoms with van der Waals surface area (Å²) < 4.78 is 29.9. The molecule has 0 amide bonds. The van der Waals surface area contributed by atoms with Gasteiger partial charge >= 0.3 is 0 Å². The lowest BCUT2D eigenvalue weighted by Gasteiger charge is -2.12. The van der Waals surface area contributed by atoms with Crippen LogP contribution in [0.4, 0.5) is 8.78 Å². The second-order valence-electron chi connectivity index (χ2n) is 6.86. The van der Waals surface area contributed by atoms with Crippen molar-refractivity contribution in [2.24, 2.45) is 0 Å². The zero-order chi connectivity index (χ0) is 21.0. The first-order valence-electron chi connectivity index (χ1n) is 8.98. The Morgan fingerprint density at radius 2 is 2.03 bits per heavy atom. The summed E-state index contributed by atoms with van der Waals surface area (Å²) in [5.74, 6) is -1.43. The number of hydrogen-bond donors (Lipinski definition) is 1. The van der Waals surface area contributed by atoms with E-state index in [2.05, 4.69) is 9.97 Å². The zero-order valence-electron chi connectivity index (χ0n) is 15.5. The average molecular weight is 443 g/mol. The van der Waals surface area contributed by atoms with Gasteiger partial charge in [-0.05, 0) is 42.8 Å². The smallest absolute Gasteiger partial charge is 0.248 e. The van der Waals surface area contributed by atoms with Gasteiger partial charge in [0.25, 0.3) is 0 Å². The van der Waals surface area contributed by atoms with Crippen LogP contribution in [0.1, 0.15) is 11.3 Å². The molecule has 3 heterocycles. The number of pyridine rings is 1. The number of nitrogens with zero attached hydrogens (tertiary/aromatic N) is 3. The summed E-state index contributed by atoms with van der Waals surface area (Å²) in [5.41, 5.74) is 3.93. The van der Waals surface area contributed by atoms with Crippen LogP contribution in [0.25, 0.3) is 32.6 Å². The highest BCUT2D eigenvalue weighted by Gasteiger charge is 2.19. The van der Waals surface area contributed by atoms with Crippen molar-refractivity contribution in [2.45, 2.75) is 13.5 Å². The first-order valence-corrected chi connectivity index (χ1v) is 10.2. The zero-order valence-corrected chi connectivity index (χ0v) is 17.1. The number of hydrogen-bond acceptors (Lipinski definition) is 4. The lowest BCUT2D eigenvalue weighted by Crippen LogP contribution is -2.11. The van der Waals surface area contributed by atoms with E-state index in [9.17, 15) is 13.6 Å². The van der Waals surface area contributed by atoms with Gasteiger partial charge < -0.3 is 9.55 Å². The minimum absolute atomic E-state index is 0.157. The van der Waals surface area contributed by atoms with Crippen molar-refractivity contribution in [3.63, 3.8) is 0 Å². The highest BCUT2D eigenvalue weighted by Crippen LogP contribution is 2.32. The van der Waals surface area contributed by atoms with E-state index in [1.807, 2.05) is 17.6 Å². The molecule has 3 aromatic heterocycles. The topological polar surface area (TPSA) is 63.6 Å². The number of thiazole rings is 1. The summed E-state index contributed by atoms with van der Waals surface area (Å²) in [6, 6.07) is 9.27. The summed E-state index contributed by atoms with van der Waals surface area (Å²) in [6.07, 6.45) is 0. The second-order valence-corrected chi connectivity index (χ2v) is 8.16. The molecular weight excluding hydrogens is 430 g/mol. The normalized spacial score (nSPS) is 11.6. The molecule has 5 rings (SSSR count). The fraction of sp³-hybridized carbons (Fsp3) is 0.0952. The van der Waals surface area contributed by atoms with Crippen molar-refractivity contribution < 1.29 is 8.78 Å². The number of halogens is 3. The van der Waals surface area contributed by atoms with Gasteiger partial charge in [-0.3, -0.25) is 4.79 Å². The van der Waals surface area contributed by atoms with Crippen molar-refractivity contribution in [3.8, 4) is 10.7 Å². The molecule has 2 aromatic carbocycles. The molecule has 0 saturated carbocycles. The summed E-state index contributed by atoms with van der Waals surface area (Å²) >= 11 is 7.67. The Balaban J connectivity index is 1.79. The van der Waals surface area contributed by atoms with Gasteiger partial charge in [-0.15, -0.1) is 11.3 Å². The molecule has 5 nitrogen and oxygen atoms in total. The van der Waals surface area contributed by atoms with Crippen LogP contribution in [0.5, 0.6) is 0 Å². The standard InChI is InChI=1S/C21H13ClF2N4OS/c1-10-20(30-9-25-10)21-26-15-5-2-12(22)7-16(15)28(21)8-11-6-17(29)27-19-13(11)3-4-14(23)18(19)24/h2-7,9H,8H2,1H3,(H,27,29). The van der Waals surface area contributed by atoms with Crippen molar-refractivity contribution >= 4 is 44.9 Å². The minimum Gasteiger partial charge on any atom is -0.319 e. The van der Waals surface area contributed by atoms with Gasteiger partial charge in [0.1, 0.15) is 0 Å². The molecule has 5 aromatic rings. The maximum atomic E-state index is 14.3. The number of H-pyrrole nitrogens is 1. The van der Waals surface area contributed by atoms with Crippen molar-refractivity contribution in [1.29, 1.82) is 0 Å². The van der Waals surface area contributed by atoms with E-state index < -0.39 is 17.2 Å². The molecule has 0 aliphatic rings. The molecule has 0 saturated heterocycles. The Bertz CT molecular complexity index is 1500. The third-order valence-electron chi connectivity index (χ3n) is 4.98. The van der Waals surface area contributed by atoms with Crippen LogP contribution < -0.4 is 5.56 Å². The largest absolute Gasteiger partial charge is 0.319 e.